The van der Waals surface area contributed by atoms with Crippen LogP contribution in [0.5, 0.6) is 0 Å². The molecule has 1 aromatic carbocycles. The zero-order valence-corrected chi connectivity index (χ0v) is 14.7. The molecule has 1 aromatic rings. The maximum atomic E-state index is 11.4. The number of nitrogens with one attached hydrogen (secondary N) is 1. The van der Waals surface area contributed by atoms with Crippen molar-refractivity contribution in [2.24, 2.45) is 0 Å². The van der Waals surface area contributed by atoms with Crippen molar-refractivity contribution in [2.75, 3.05) is 26.0 Å². The Kier molecular flexibility index (Phi) is 7.92. The first-order valence-electron chi connectivity index (χ1n) is 4.51. The zero-order chi connectivity index (χ0) is 10.6. The molecule has 4 heteroatoms. The molecule has 0 aliphatic heterocycles. The molecule has 0 bridgehead atoms. The van der Waals surface area contributed by atoms with Gasteiger partial charge in [0.1, 0.15) is 0 Å². The monoisotopic (exact) mass is 276 g/mol. The van der Waals surface area contributed by atoms with Gasteiger partial charge in [0.15, 0.2) is 0 Å². The Bertz CT molecular complexity index is 326. The van der Waals surface area contributed by atoms with Crippen LogP contribution in [0.2, 0.25) is 0 Å². The van der Waals surface area contributed by atoms with E-state index in [2.05, 4.69) is 11.4 Å². The fraction of sp³-hybridized carbons (Fsp3) is 0.364. The van der Waals surface area contributed by atoms with Crippen LogP contribution in [0.3, 0.4) is 0 Å². The van der Waals surface area contributed by atoms with Crippen molar-refractivity contribution >= 4 is 11.6 Å². The van der Waals surface area contributed by atoms with Crippen LogP contribution in [0.1, 0.15) is 5.56 Å². The molecule has 0 heterocycles. The van der Waals surface area contributed by atoms with Gasteiger partial charge in [0, 0.05) is 0 Å². The van der Waals surface area contributed by atoms with E-state index in [0.29, 0.717) is 6.54 Å². The second-order valence-electron chi connectivity index (χ2n) is 3.51. The predicted octanol–water partition coefficient (Wildman–Crippen LogP) is -1.70. The molecule has 15 heavy (non-hydrogen) atoms. The number of likely N-dealkylation sites (N-methyl/N-ethyl adjacent to an activating group) is 1. The summed E-state index contributed by atoms with van der Waals surface area (Å²) in [4.78, 5) is 13.2. The average molecular weight is 277 g/mol. The van der Waals surface area contributed by atoms with Crippen molar-refractivity contribution in [3.63, 3.8) is 0 Å². The first-order chi connectivity index (χ1) is 6.59. The fourth-order valence-corrected chi connectivity index (χ4v) is 1.12. The molecule has 1 amide bonds. The van der Waals surface area contributed by atoms with E-state index in [1.165, 1.54) is 0 Å². The van der Waals surface area contributed by atoms with Crippen molar-refractivity contribution < 1.29 is 63.0 Å². The van der Waals surface area contributed by atoms with Gasteiger partial charge in [0.05, 0.1) is 6.54 Å². The topological polar surface area (TPSA) is 32.3 Å². The van der Waals surface area contributed by atoms with E-state index in [4.69, 9.17) is 0 Å². The molecule has 0 radical (unpaired) electrons. The van der Waals surface area contributed by atoms with E-state index in [-0.39, 0.29) is 64.1 Å². The quantitative estimate of drug-likeness (QED) is 0.668. The summed E-state index contributed by atoms with van der Waals surface area (Å²) >= 11 is 0. The third-order valence-electron chi connectivity index (χ3n) is 1.79. The SMILES string of the molecule is Cc1ccc[c-]c1NC(=O)CN(C)C.[Rb+]. The van der Waals surface area contributed by atoms with Crippen LogP contribution in [0.4, 0.5) is 5.69 Å². The molecule has 0 saturated heterocycles. The number of hydrogen-bond donors (Lipinski definition) is 1. The van der Waals surface area contributed by atoms with Crippen LogP contribution in [-0.4, -0.2) is 31.4 Å². The number of nitrogens with zero attached hydrogens (tertiary/aromatic N) is 1. The van der Waals surface area contributed by atoms with Gasteiger partial charge in [-0.3, -0.25) is 4.79 Å². The molecule has 1 N–H and O–H groups in total. The van der Waals surface area contributed by atoms with Crippen molar-refractivity contribution in [1.29, 1.82) is 0 Å². The molecular weight excluding hydrogens is 262 g/mol. The van der Waals surface area contributed by atoms with Crippen LogP contribution in [0, 0.1) is 13.0 Å². The minimum atomic E-state index is -0.0134. The molecule has 76 valence electrons. The number of carbonyl (C=O) groups excluding carboxylic acids is 1. The van der Waals surface area contributed by atoms with E-state index in [1.807, 2.05) is 38.1 Å². The van der Waals surface area contributed by atoms with Crippen LogP contribution < -0.4 is 63.5 Å². The van der Waals surface area contributed by atoms with Gasteiger partial charge < -0.3 is 10.2 Å². The summed E-state index contributed by atoms with van der Waals surface area (Å²) in [6, 6.07) is 8.63. The Morgan fingerprint density at radius 1 is 1.53 bits per heavy atom. The van der Waals surface area contributed by atoms with Crippen LogP contribution >= 0.6 is 0 Å². The first kappa shape index (κ1) is 15.5. The third kappa shape index (κ3) is 5.92. The molecule has 0 fully saturated rings. The second kappa shape index (κ2) is 7.68. The van der Waals surface area contributed by atoms with Crippen LogP contribution in [0.15, 0.2) is 18.2 Å². The van der Waals surface area contributed by atoms with E-state index in [9.17, 15) is 4.79 Å². The van der Waals surface area contributed by atoms with Gasteiger partial charge in [-0.2, -0.15) is 24.3 Å². The Morgan fingerprint density at radius 2 is 2.20 bits per heavy atom. The summed E-state index contributed by atoms with van der Waals surface area (Å²) in [6.45, 7) is 2.34. The molecule has 3 nitrogen and oxygen atoms in total. The van der Waals surface area contributed by atoms with Gasteiger partial charge in [-0.1, -0.05) is 12.6 Å². The van der Waals surface area contributed by atoms with Crippen molar-refractivity contribution in [3.05, 3.63) is 29.8 Å². The maximum Gasteiger partial charge on any atom is 1.00 e. The van der Waals surface area contributed by atoms with Crippen molar-refractivity contribution in [3.8, 4) is 0 Å². The largest absolute Gasteiger partial charge is 1.00 e. The zero-order valence-electron chi connectivity index (χ0n) is 9.79. The second-order valence-corrected chi connectivity index (χ2v) is 3.51. The van der Waals surface area contributed by atoms with Crippen molar-refractivity contribution in [1.82, 2.24) is 4.90 Å². The predicted molar refractivity (Wildman–Crippen MR) is 57.2 cm³/mol. The molecule has 1 rings (SSSR count). The molecule has 0 spiro atoms. The molecule has 0 aromatic heterocycles. The summed E-state index contributed by atoms with van der Waals surface area (Å²) < 4.78 is 0. The number of carbonyl (C=O) groups is 1. The van der Waals surface area contributed by atoms with E-state index in [0.717, 1.165) is 11.3 Å². The van der Waals surface area contributed by atoms with Gasteiger partial charge >= 0.3 is 58.2 Å². The first-order valence-corrected chi connectivity index (χ1v) is 4.51. The Balaban J connectivity index is 0.00000196. The van der Waals surface area contributed by atoms with Crippen LogP contribution in [0.25, 0.3) is 0 Å². The molecule has 0 aliphatic rings. The van der Waals surface area contributed by atoms with Crippen LogP contribution in [-0.2, 0) is 4.79 Å². The Morgan fingerprint density at radius 3 is 2.73 bits per heavy atom. The van der Waals surface area contributed by atoms with E-state index in [1.54, 1.807) is 6.07 Å². The molecule has 0 saturated carbocycles. The van der Waals surface area contributed by atoms with Crippen molar-refractivity contribution in [2.45, 2.75) is 6.92 Å². The average Bonchev–Trinajstić information content (AvgIpc) is 2.07. The fourth-order valence-electron chi connectivity index (χ4n) is 1.12. The Hall–Kier alpha value is 0.455. The molecule has 0 unspecified atom stereocenters. The summed E-state index contributed by atoms with van der Waals surface area (Å²) in [7, 11) is 3.72. The smallest absolute Gasteiger partial charge is 0.348 e. The van der Waals surface area contributed by atoms with Gasteiger partial charge in [-0.25, -0.2) is 0 Å². The van der Waals surface area contributed by atoms with Gasteiger partial charge in [0.2, 0.25) is 5.91 Å². The standard InChI is InChI=1S/C11H15N2O.Rb/c1-9-6-4-5-7-10(9)12-11(14)8-13(2)3;/h4-6H,8H2,1-3H3,(H,12,14);/q-1;+1. The number of para-hydroxylation sites is 1. The number of hydrogen-bond acceptors (Lipinski definition) is 2. The molecule has 0 aliphatic carbocycles. The summed E-state index contributed by atoms with van der Waals surface area (Å²) in [5, 5.41) is 2.81. The van der Waals surface area contributed by atoms with Gasteiger partial charge in [0.25, 0.3) is 0 Å². The number of rotatable bonds is 3. The summed E-state index contributed by atoms with van der Waals surface area (Å²) in [5.74, 6) is -0.0134. The molecular formula is C11H15N2ORb. The number of amides is 1. The van der Waals surface area contributed by atoms with Gasteiger partial charge in [-0.15, -0.1) is 5.56 Å². The number of anilines is 1. The Labute approximate surface area is 140 Å². The van der Waals surface area contributed by atoms with Gasteiger partial charge in [-0.05, 0) is 14.1 Å². The molecule has 0 atom stereocenters. The third-order valence-corrected chi connectivity index (χ3v) is 1.79. The normalized spacial score (nSPS) is 9.60. The van der Waals surface area contributed by atoms with E-state index < -0.39 is 0 Å². The summed E-state index contributed by atoms with van der Waals surface area (Å²) in [6.07, 6.45) is 0. The maximum absolute atomic E-state index is 11.4. The number of aryl methyl sites for hydroxylation is 1. The van der Waals surface area contributed by atoms with E-state index >= 15 is 0 Å². The summed E-state index contributed by atoms with van der Waals surface area (Å²) in [5.41, 5.74) is 1.79. The minimum Gasteiger partial charge on any atom is -0.348 e. The minimum absolute atomic E-state index is 0. The number of benzene rings is 1.